The Morgan fingerprint density at radius 3 is 2.34 bits per heavy atom. The predicted molar refractivity (Wildman–Crippen MR) is 172 cm³/mol. The minimum absolute atomic E-state index is 0.0896. The number of pyridine rings is 1. The third kappa shape index (κ3) is 7.62. The Morgan fingerprint density at radius 2 is 1.79 bits per heavy atom. The molecule has 13 nitrogen and oxygen atoms in total. The number of amides is 2. The van der Waals surface area contributed by atoms with Crippen LogP contribution in [0.3, 0.4) is 0 Å². The number of nitriles is 1. The highest BCUT2D eigenvalue weighted by Gasteiger charge is 2.52. The minimum atomic E-state index is -1.43. The van der Waals surface area contributed by atoms with Gasteiger partial charge in [0.15, 0.2) is 6.04 Å². The number of nitrogens with zero attached hydrogens (tertiary/aromatic N) is 3. The lowest BCUT2D eigenvalue weighted by Crippen LogP contribution is -2.53. The number of rotatable bonds is 13. The minimum Gasteiger partial charge on any atom is -0.495 e. The molecule has 2 unspecified atom stereocenters. The molecule has 0 aliphatic heterocycles. The molecule has 0 saturated heterocycles. The first-order valence-electron chi connectivity index (χ1n) is 14.6. The summed E-state index contributed by atoms with van der Waals surface area (Å²) in [5.41, 5.74) is 0.216. The van der Waals surface area contributed by atoms with Crippen molar-refractivity contribution in [2.75, 3.05) is 33.1 Å². The monoisotopic (exact) mass is 663 g/mol. The van der Waals surface area contributed by atoms with Crippen LogP contribution < -0.4 is 20.9 Å². The molecule has 1 aliphatic carbocycles. The quantitative estimate of drug-likeness (QED) is 0.229. The summed E-state index contributed by atoms with van der Waals surface area (Å²) in [6.07, 6.45) is 2.86. The number of nitrogens with one attached hydrogen (secondary N) is 2. The van der Waals surface area contributed by atoms with Gasteiger partial charge in [-0.2, -0.15) is 5.26 Å². The number of carbonyl (C=O) groups is 4. The van der Waals surface area contributed by atoms with Gasteiger partial charge in [0.25, 0.3) is 5.56 Å². The fourth-order valence-electron chi connectivity index (χ4n) is 5.11. The third-order valence-electron chi connectivity index (χ3n) is 8.06. The predicted octanol–water partition coefficient (Wildman–Crippen LogP) is 3.46. The van der Waals surface area contributed by atoms with Crippen LogP contribution in [0.5, 0.6) is 5.75 Å². The number of likely N-dealkylation sites (N-methyl/N-ethyl adjacent to an activating group) is 1. The number of methoxy groups -OCH3 is 1. The van der Waals surface area contributed by atoms with Crippen molar-refractivity contribution >= 4 is 41.0 Å². The Balaban J connectivity index is 1.43. The van der Waals surface area contributed by atoms with Crippen molar-refractivity contribution in [3.63, 3.8) is 0 Å². The zero-order valence-electron chi connectivity index (χ0n) is 26.2. The van der Waals surface area contributed by atoms with Gasteiger partial charge in [-0.3, -0.25) is 23.9 Å². The Labute approximate surface area is 275 Å². The van der Waals surface area contributed by atoms with Gasteiger partial charge in [0, 0.05) is 27.9 Å². The molecule has 2 amide bonds. The maximum absolute atomic E-state index is 13.3. The molecular weight excluding hydrogens is 630 g/mol. The van der Waals surface area contributed by atoms with Crippen LogP contribution in [0.2, 0.25) is 5.02 Å². The number of anilines is 1. The number of aromatic nitrogens is 1. The van der Waals surface area contributed by atoms with Crippen LogP contribution in [-0.4, -0.2) is 77.7 Å². The first-order valence-corrected chi connectivity index (χ1v) is 15.0. The van der Waals surface area contributed by atoms with Crippen molar-refractivity contribution in [2.24, 2.45) is 0 Å². The highest BCUT2D eigenvalue weighted by molar-refractivity contribution is 6.31. The molecule has 0 radical (unpaired) electrons. The van der Waals surface area contributed by atoms with E-state index in [9.17, 15) is 34.3 Å². The fraction of sp³-hybridized carbons (Fsp3) is 0.333. The van der Waals surface area contributed by atoms with Gasteiger partial charge in [0.2, 0.25) is 11.8 Å². The van der Waals surface area contributed by atoms with E-state index >= 15 is 0 Å². The van der Waals surface area contributed by atoms with Gasteiger partial charge >= 0.3 is 11.9 Å². The molecule has 1 saturated carbocycles. The third-order valence-corrected chi connectivity index (χ3v) is 8.29. The smallest absolute Gasteiger partial charge is 0.338 e. The van der Waals surface area contributed by atoms with Crippen molar-refractivity contribution in [3.05, 3.63) is 81.2 Å². The summed E-state index contributed by atoms with van der Waals surface area (Å²) in [5, 5.41) is 24.6. The van der Waals surface area contributed by atoms with E-state index in [2.05, 4.69) is 16.7 Å². The van der Waals surface area contributed by atoms with Crippen LogP contribution in [0.4, 0.5) is 5.69 Å². The standard InChI is InChI=1S/C33H34ClN5O8/c1-5-26(39-17-27(46-4)24(15-28(39)40)23-14-21(34)9-6-20(23)16-35)29(41)36-22-10-7-19(8-11-22)31(44)47-18-25(30(42)43)37-32(45)33(12-13-33)38(2)3/h6-11,14-15,17,25-26H,5,12-13,18H2,1-4H3,(H,36,41)(H,37,45)(H,42,43). The fourth-order valence-corrected chi connectivity index (χ4v) is 5.28. The average molecular weight is 664 g/mol. The van der Waals surface area contributed by atoms with E-state index in [1.165, 1.54) is 54.3 Å². The maximum atomic E-state index is 13.3. The zero-order chi connectivity index (χ0) is 34.5. The highest BCUT2D eigenvalue weighted by atomic mass is 35.5. The number of carboxylic acid groups (broad SMARTS) is 1. The lowest BCUT2D eigenvalue weighted by atomic mass is 10.00. The van der Waals surface area contributed by atoms with Gasteiger partial charge in [-0.15, -0.1) is 0 Å². The van der Waals surface area contributed by atoms with Crippen molar-refractivity contribution < 1.29 is 33.8 Å². The van der Waals surface area contributed by atoms with Crippen LogP contribution in [0.1, 0.15) is 48.1 Å². The van der Waals surface area contributed by atoms with Gasteiger partial charge in [0.1, 0.15) is 18.4 Å². The molecule has 1 fully saturated rings. The van der Waals surface area contributed by atoms with Crippen LogP contribution in [0.15, 0.2) is 59.5 Å². The Morgan fingerprint density at radius 1 is 1.11 bits per heavy atom. The van der Waals surface area contributed by atoms with E-state index in [4.69, 9.17) is 21.1 Å². The second-order valence-corrected chi connectivity index (χ2v) is 11.6. The first-order chi connectivity index (χ1) is 22.3. The van der Waals surface area contributed by atoms with Crippen LogP contribution in [0, 0.1) is 11.3 Å². The topological polar surface area (TPSA) is 180 Å². The SMILES string of the molecule is CCC(C(=O)Nc1ccc(C(=O)OCC(NC(=O)C2(N(C)C)CC2)C(=O)O)cc1)n1cc(OC)c(-c2cc(Cl)ccc2C#N)cc1=O. The lowest BCUT2D eigenvalue weighted by Gasteiger charge is -2.24. The number of carboxylic acids is 1. The first kappa shape index (κ1) is 34.7. The molecule has 3 aromatic rings. The molecule has 2 aromatic carbocycles. The Bertz CT molecular complexity index is 1790. The van der Waals surface area contributed by atoms with Crippen LogP contribution in [-0.2, 0) is 19.1 Å². The maximum Gasteiger partial charge on any atom is 0.338 e. The van der Waals surface area contributed by atoms with E-state index in [0.29, 0.717) is 40.2 Å². The Kier molecular flexibility index (Phi) is 10.7. The lowest BCUT2D eigenvalue weighted by molar-refractivity contribution is -0.144. The van der Waals surface area contributed by atoms with E-state index < -0.39 is 53.5 Å². The van der Waals surface area contributed by atoms with Gasteiger partial charge < -0.3 is 25.2 Å². The summed E-state index contributed by atoms with van der Waals surface area (Å²) in [7, 11) is 4.88. The average Bonchev–Trinajstić information content (AvgIpc) is 3.86. The molecule has 1 aromatic heterocycles. The molecule has 3 N–H and O–H groups in total. The molecule has 0 bridgehead atoms. The number of hydrogen-bond donors (Lipinski definition) is 3. The summed E-state index contributed by atoms with van der Waals surface area (Å²) in [4.78, 5) is 65.2. The molecule has 1 heterocycles. The van der Waals surface area contributed by atoms with E-state index in [1.807, 2.05) is 0 Å². The number of ether oxygens (including phenoxy) is 2. The molecule has 1 aliphatic rings. The van der Waals surface area contributed by atoms with Gasteiger partial charge in [-0.25, -0.2) is 9.59 Å². The second-order valence-electron chi connectivity index (χ2n) is 11.2. The number of halogens is 1. The molecule has 246 valence electrons. The molecule has 47 heavy (non-hydrogen) atoms. The second kappa shape index (κ2) is 14.5. The summed E-state index contributed by atoms with van der Waals surface area (Å²) in [6.45, 7) is 1.16. The van der Waals surface area contributed by atoms with E-state index in [-0.39, 0.29) is 17.7 Å². The van der Waals surface area contributed by atoms with Crippen molar-refractivity contribution in [1.29, 1.82) is 5.26 Å². The van der Waals surface area contributed by atoms with Gasteiger partial charge in [-0.1, -0.05) is 18.5 Å². The summed E-state index contributed by atoms with van der Waals surface area (Å²) in [6, 6.07) is 11.4. The summed E-state index contributed by atoms with van der Waals surface area (Å²) >= 11 is 6.14. The van der Waals surface area contributed by atoms with Crippen molar-refractivity contribution in [2.45, 2.75) is 43.8 Å². The summed E-state index contributed by atoms with van der Waals surface area (Å²) < 4.78 is 11.9. The summed E-state index contributed by atoms with van der Waals surface area (Å²) in [5.74, 6) is -2.85. The van der Waals surface area contributed by atoms with E-state index in [0.717, 1.165) is 0 Å². The highest BCUT2D eigenvalue weighted by Crippen LogP contribution is 2.40. The Hall–Kier alpha value is -5.19. The van der Waals surface area contributed by atoms with Crippen molar-refractivity contribution in [1.82, 2.24) is 14.8 Å². The molecular formula is C33H34ClN5O8. The van der Waals surface area contributed by atoms with Crippen LogP contribution >= 0.6 is 11.6 Å². The molecule has 2 atom stereocenters. The van der Waals surface area contributed by atoms with Gasteiger partial charge in [0.05, 0.1) is 36.0 Å². The van der Waals surface area contributed by atoms with Gasteiger partial charge in [-0.05, 0) is 75.8 Å². The number of hydrogen-bond acceptors (Lipinski definition) is 9. The van der Waals surface area contributed by atoms with E-state index in [1.54, 1.807) is 38.1 Å². The van der Waals surface area contributed by atoms with Crippen molar-refractivity contribution in [3.8, 4) is 22.9 Å². The zero-order valence-corrected chi connectivity index (χ0v) is 27.0. The van der Waals surface area contributed by atoms with Crippen LogP contribution in [0.25, 0.3) is 11.1 Å². The number of benzene rings is 2. The number of aliphatic carboxylic acids is 1. The molecule has 14 heteroatoms. The number of esters is 1. The molecule has 4 rings (SSSR count). The normalized spacial score (nSPS) is 14.3. The largest absolute Gasteiger partial charge is 0.495 e. The number of carbonyl (C=O) groups excluding carboxylic acids is 3. The molecule has 0 spiro atoms.